The molecular formula is C17HF35O5. The highest BCUT2D eigenvalue weighted by atomic mass is 19.5. The third-order valence-corrected chi connectivity index (χ3v) is 5.26. The van der Waals surface area contributed by atoms with Crippen molar-refractivity contribution in [2.75, 3.05) is 0 Å². The maximum absolute atomic E-state index is 14.5. The minimum atomic E-state index is -9.53. The molecule has 5 atom stereocenters. The molecule has 0 spiro atoms. The predicted molar refractivity (Wildman–Crippen MR) is 91.7 cm³/mol. The van der Waals surface area contributed by atoms with Crippen molar-refractivity contribution in [3.63, 3.8) is 0 Å². The lowest BCUT2D eigenvalue weighted by Crippen LogP contribution is -2.72. The van der Waals surface area contributed by atoms with E-state index in [1.807, 2.05) is 0 Å². The van der Waals surface area contributed by atoms with Crippen molar-refractivity contribution in [3.8, 4) is 0 Å². The summed E-state index contributed by atoms with van der Waals surface area (Å²) in [5, 5.41) is 0. The smallest absolute Gasteiger partial charge is 0.272 e. The molecule has 344 valence electrons. The summed E-state index contributed by atoms with van der Waals surface area (Å²) in [6.45, 7) is 0. The van der Waals surface area contributed by atoms with Gasteiger partial charge in [-0.3, -0.25) is 23.7 Å². The summed E-state index contributed by atoms with van der Waals surface area (Å²) in [4.78, 5) is 0. The van der Waals surface area contributed by atoms with Gasteiger partial charge in [-0.1, -0.05) is 0 Å². The fourth-order valence-corrected chi connectivity index (χ4v) is 2.53. The summed E-state index contributed by atoms with van der Waals surface area (Å²) >= 11 is 0. The van der Waals surface area contributed by atoms with E-state index in [1.54, 1.807) is 0 Å². The highest BCUT2D eigenvalue weighted by Crippen LogP contribution is 2.62. The van der Waals surface area contributed by atoms with Crippen LogP contribution in [0.25, 0.3) is 0 Å². The van der Waals surface area contributed by atoms with Crippen LogP contribution >= 0.6 is 0 Å². The molecule has 5 nitrogen and oxygen atoms in total. The maximum Gasteiger partial charge on any atom is 0.462 e. The zero-order chi connectivity index (χ0) is 47.1. The topological polar surface area (TPSA) is 46.2 Å². The first-order chi connectivity index (χ1) is 24.0. The van der Waals surface area contributed by atoms with Gasteiger partial charge in [-0.2, -0.15) is 149 Å². The molecule has 0 heterocycles. The Labute approximate surface area is 282 Å². The minimum absolute atomic E-state index is 0.705. The van der Waals surface area contributed by atoms with Crippen LogP contribution in [-0.4, -0.2) is 103 Å². The quantitative estimate of drug-likeness (QED) is 0.153. The molecule has 0 aromatic carbocycles. The SMILES string of the molecule is F[C@@H](OC(F)(F)[C@](F)(OC(F)(F)[C@](F)(OC(F)(F)[C@@](F)(OC(F)(F)[C@@](F)(OC(F)(F)C(F)(F)C(F)(F)F)C(F)(F)F)C(F)(F)F)C(F)(F)F)C(F)(F)F)C(F)(F)F. The van der Waals surface area contributed by atoms with Crippen LogP contribution in [0.3, 0.4) is 0 Å². The third-order valence-electron chi connectivity index (χ3n) is 5.26. The van der Waals surface area contributed by atoms with E-state index in [-0.39, 0.29) is 0 Å². The second kappa shape index (κ2) is 14.2. The molecule has 0 amide bonds. The Morgan fingerprint density at radius 2 is 0.439 bits per heavy atom. The van der Waals surface area contributed by atoms with Gasteiger partial charge in [0.1, 0.15) is 0 Å². The molecule has 0 rings (SSSR count). The molecule has 0 N–H and O–H groups in total. The van der Waals surface area contributed by atoms with Gasteiger partial charge >= 0.3 is 96.9 Å². The van der Waals surface area contributed by atoms with E-state index < -0.39 is 103 Å². The van der Waals surface area contributed by atoms with E-state index in [2.05, 4.69) is 0 Å². The van der Waals surface area contributed by atoms with Crippen molar-refractivity contribution < 1.29 is 177 Å². The maximum atomic E-state index is 14.5. The van der Waals surface area contributed by atoms with Crippen molar-refractivity contribution in [2.24, 2.45) is 0 Å². The van der Waals surface area contributed by atoms with Gasteiger partial charge in [0, 0.05) is 0 Å². The first-order valence-electron chi connectivity index (χ1n) is 11.5. The van der Waals surface area contributed by atoms with Crippen LogP contribution in [-0.2, 0) is 23.7 Å². The second-order valence-electron chi connectivity index (χ2n) is 9.41. The van der Waals surface area contributed by atoms with Crippen LogP contribution in [0, 0.1) is 0 Å². The predicted octanol–water partition coefficient (Wildman–Crippen LogP) is 11.0. The first kappa shape index (κ1) is 54.3. The third kappa shape index (κ3) is 9.40. The van der Waals surface area contributed by atoms with Crippen LogP contribution in [0.2, 0.25) is 0 Å². The molecule has 0 fully saturated rings. The van der Waals surface area contributed by atoms with Gasteiger partial charge < -0.3 is 0 Å². The van der Waals surface area contributed by atoms with E-state index in [1.165, 1.54) is 4.74 Å². The van der Waals surface area contributed by atoms with Crippen molar-refractivity contribution in [3.05, 3.63) is 0 Å². The van der Waals surface area contributed by atoms with Gasteiger partial charge in [-0.25, -0.2) is 4.39 Å². The summed E-state index contributed by atoms with van der Waals surface area (Å²) < 4.78 is 467. The fraction of sp³-hybridized carbons (Fsp3) is 1.00. The van der Waals surface area contributed by atoms with E-state index in [4.69, 9.17) is 0 Å². The monoisotopic (exact) mass is 950 g/mol. The lowest BCUT2D eigenvalue weighted by atomic mass is 10.2. The Bertz CT molecular complexity index is 1380. The Morgan fingerprint density at radius 3 is 0.614 bits per heavy atom. The lowest BCUT2D eigenvalue weighted by molar-refractivity contribution is -0.599. The average Bonchev–Trinajstić information content (AvgIpc) is 2.87. The van der Waals surface area contributed by atoms with Crippen LogP contribution in [0.1, 0.15) is 0 Å². The highest BCUT2D eigenvalue weighted by Gasteiger charge is 2.91. The fourth-order valence-electron chi connectivity index (χ4n) is 2.53. The molecule has 0 radical (unpaired) electrons. The van der Waals surface area contributed by atoms with E-state index in [9.17, 15) is 154 Å². The molecule has 40 heteroatoms. The van der Waals surface area contributed by atoms with Gasteiger partial charge in [0.2, 0.25) is 0 Å². The zero-order valence-electron chi connectivity index (χ0n) is 23.8. The molecule has 0 aromatic rings. The highest BCUT2D eigenvalue weighted by molar-refractivity contribution is 5.00. The van der Waals surface area contributed by atoms with Crippen molar-refractivity contribution in [1.29, 1.82) is 0 Å². The lowest BCUT2D eigenvalue weighted by Gasteiger charge is -2.44. The molecule has 0 bridgehead atoms. The van der Waals surface area contributed by atoms with Crippen molar-refractivity contribution in [1.82, 2.24) is 0 Å². The van der Waals surface area contributed by atoms with Crippen LogP contribution in [0.4, 0.5) is 154 Å². The normalized spacial score (nSPS) is 20.7. The number of rotatable bonds is 15. The van der Waals surface area contributed by atoms with Gasteiger partial charge in [-0.15, -0.1) is 0 Å². The van der Waals surface area contributed by atoms with Gasteiger partial charge in [0.15, 0.2) is 0 Å². The van der Waals surface area contributed by atoms with E-state index in [0.29, 0.717) is 9.47 Å². The van der Waals surface area contributed by atoms with E-state index >= 15 is 0 Å². The summed E-state index contributed by atoms with van der Waals surface area (Å²) in [5.41, 5.74) is 0. The van der Waals surface area contributed by atoms with Crippen molar-refractivity contribution in [2.45, 2.75) is 103 Å². The second-order valence-corrected chi connectivity index (χ2v) is 9.41. The van der Waals surface area contributed by atoms with Gasteiger partial charge in [0.05, 0.1) is 0 Å². The molecule has 0 saturated heterocycles. The molecule has 57 heavy (non-hydrogen) atoms. The van der Waals surface area contributed by atoms with Gasteiger partial charge in [-0.05, 0) is 0 Å². The molecule has 0 aliphatic carbocycles. The Hall–Kier alpha value is -2.65. The Morgan fingerprint density at radius 1 is 0.246 bits per heavy atom. The molecular weight excluding hydrogens is 949 g/mol. The minimum Gasteiger partial charge on any atom is -0.272 e. The van der Waals surface area contributed by atoms with Crippen molar-refractivity contribution >= 4 is 0 Å². The number of alkyl halides is 35. The average molecular weight is 950 g/mol. The molecule has 0 aliphatic rings. The molecule has 0 aliphatic heterocycles. The number of ether oxygens (including phenoxy) is 5. The number of hydrogen-bond acceptors (Lipinski definition) is 5. The summed E-state index contributed by atoms with van der Waals surface area (Å²) in [6, 6.07) is 0. The Kier molecular flexibility index (Phi) is 13.6. The summed E-state index contributed by atoms with van der Waals surface area (Å²) in [7, 11) is 0. The van der Waals surface area contributed by atoms with Crippen LogP contribution in [0.15, 0.2) is 0 Å². The van der Waals surface area contributed by atoms with Crippen LogP contribution in [0.5, 0.6) is 0 Å². The zero-order valence-corrected chi connectivity index (χ0v) is 23.8. The Balaban J connectivity index is 7.87. The molecule has 0 unspecified atom stereocenters. The standard InChI is InChI=1S/C17HF35O5/c18-1(2(19,20)21)53-14(45,46)4(24,9(31,32)33)55-16(49,50)6(26,11(37,38)39)57-17(51,52)7(27,12(40,41)42)56-15(47,48)5(25,10(34,35)36)54-13(43,44)3(22,23)8(28,29)30/h1H/t1-,4+,5-,6+,7-/m0/s1. The molecule has 0 saturated carbocycles. The van der Waals surface area contributed by atoms with Crippen LogP contribution < -0.4 is 0 Å². The first-order valence-corrected chi connectivity index (χ1v) is 11.5. The molecule has 0 aromatic heterocycles. The van der Waals surface area contributed by atoms with E-state index in [0.717, 1.165) is 9.47 Å². The summed E-state index contributed by atoms with van der Waals surface area (Å²) in [6.07, 6.45) is -103. The number of halogens is 35. The largest absolute Gasteiger partial charge is 0.462 e. The van der Waals surface area contributed by atoms with Gasteiger partial charge in [0.25, 0.3) is 6.36 Å². The number of hydrogen-bond donors (Lipinski definition) is 0. The summed E-state index contributed by atoms with van der Waals surface area (Å²) in [5.74, 6) is -45.6.